The van der Waals surface area contributed by atoms with Crippen LogP contribution in [-0.4, -0.2) is 57.0 Å². The minimum atomic E-state index is 0.352. The molecule has 9 heteroatoms. The Morgan fingerprint density at radius 3 is 2.75 bits per heavy atom. The van der Waals surface area contributed by atoms with Gasteiger partial charge in [-0.25, -0.2) is 4.98 Å². The standard InChI is InChI=1S/C11H18N8O/c1-8(5-20-3)4-14-10-16-9(12-2)17-11(18-10)19-7-13-6-15-19/h6-8H,4-5H2,1-3H3,(H2,12,14,16,17,18). The molecule has 0 aromatic carbocycles. The first kappa shape index (κ1) is 14.1. The van der Waals surface area contributed by atoms with E-state index in [0.29, 0.717) is 36.9 Å². The number of nitrogens with zero attached hydrogens (tertiary/aromatic N) is 6. The second kappa shape index (κ2) is 6.75. The van der Waals surface area contributed by atoms with Crippen molar-refractivity contribution in [2.75, 3.05) is 37.9 Å². The van der Waals surface area contributed by atoms with E-state index in [9.17, 15) is 0 Å². The molecule has 0 bridgehead atoms. The SMILES string of the molecule is CNc1nc(NCC(C)COC)nc(-n2cncn2)n1. The zero-order chi connectivity index (χ0) is 14.4. The van der Waals surface area contributed by atoms with E-state index in [-0.39, 0.29) is 0 Å². The van der Waals surface area contributed by atoms with Crippen LogP contribution in [-0.2, 0) is 4.74 Å². The molecule has 1 atom stereocenters. The number of hydrogen-bond donors (Lipinski definition) is 2. The Bertz CT molecular complexity index is 529. The third-order valence-electron chi connectivity index (χ3n) is 2.53. The first-order chi connectivity index (χ1) is 9.72. The van der Waals surface area contributed by atoms with E-state index in [0.717, 1.165) is 0 Å². The maximum atomic E-state index is 5.09. The average Bonchev–Trinajstić information content (AvgIpc) is 2.99. The minimum absolute atomic E-state index is 0.352. The van der Waals surface area contributed by atoms with Gasteiger partial charge in [-0.3, -0.25) is 0 Å². The van der Waals surface area contributed by atoms with Crippen LogP contribution in [0.4, 0.5) is 11.9 Å². The molecule has 1 unspecified atom stereocenters. The summed E-state index contributed by atoms with van der Waals surface area (Å²) >= 11 is 0. The van der Waals surface area contributed by atoms with Gasteiger partial charge in [-0.1, -0.05) is 6.92 Å². The molecular formula is C11H18N8O. The van der Waals surface area contributed by atoms with Crippen molar-refractivity contribution >= 4 is 11.9 Å². The van der Waals surface area contributed by atoms with Crippen LogP contribution in [0.3, 0.4) is 0 Å². The summed E-state index contributed by atoms with van der Waals surface area (Å²) in [4.78, 5) is 16.6. The van der Waals surface area contributed by atoms with Crippen LogP contribution in [0.5, 0.6) is 0 Å². The highest BCUT2D eigenvalue weighted by Gasteiger charge is 2.09. The van der Waals surface area contributed by atoms with Crippen LogP contribution < -0.4 is 10.6 Å². The summed E-state index contributed by atoms with van der Waals surface area (Å²) < 4.78 is 6.57. The normalized spacial score (nSPS) is 12.2. The molecule has 2 rings (SSSR count). The molecule has 2 aromatic heterocycles. The molecule has 0 saturated heterocycles. The molecule has 2 N–H and O–H groups in total. The lowest BCUT2D eigenvalue weighted by atomic mass is 10.2. The fourth-order valence-corrected chi connectivity index (χ4v) is 1.58. The molecular weight excluding hydrogens is 260 g/mol. The molecule has 108 valence electrons. The van der Waals surface area contributed by atoms with Gasteiger partial charge >= 0.3 is 0 Å². The predicted octanol–water partition coefficient (Wildman–Crippen LogP) is 0.188. The number of rotatable bonds is 7. The van der Waals surface area contributed by atoms with E-state index in [1.54, 1.807) is 14.2 Å². The molecule has 9 nitrogen and oxygen atoms in total. The van der Waals surface area contributed by atoms with Gasteiger partial charge in [-0.15, -0.1) is 0 Å². The highest BCUT2D eigenvalue weighted by atomic mass is 16.5. The summed E-state index contributed by atoms with van der Waals surface area (Å²) in [5.74, 6) is 1.71. The number of methoxy groups -OCH3 is 1. The number of aromatic nitrogens is 6. The van der Waals surface area contributed by atoms with Crippen LogP contribution in [0, 0.1) is 5.92 Å². The Kier molecular flexibility index (Phi) is 4.77. The van der Waals surface area contributed by atoms with Crippen LogP contribution in [0.2, 0.25) is 0 Å². The first-order valence-corrected chi connectivity index (χ1v) is 6.24. The fourth-order valence-electron chi connectivity index (χ4n) is 1.58. The Balaban J connectivity index is 2.14. The van der Waals surface area contributed by atoms with E-state index in [1.807, 2.05) is 0 Å². The smallest absolute Gasteiger partial charge is 0.258 e. The highest BCUT2D eigenvalue weighted by Crippen LogP contribution is 2.08. The van der Waals surface area contributed by atoms with Crippen molar-refractivity contribution < 1.29 is 4.74 Å². The van der Waals surface area contributed by atoms with Gasteiger partial charge in [0.05, 0.1) is 6.61 Å². The van der Waals surface area contributed by atoms with Gasteiger partial charge in [-0.2, -0.15) is 24.7 Å². The summed E-state index contributed by atoms with van der Waals surface area (Å²) in [7, 11) is 3.43. The van der Waals surface area contributed by atoms with E-state index < -0.39 is 0 Å². The molecule has 0 spiro atoms. The van der Waals surface area contributed by atoms with Crippen LogP contribution in [0.15, 0.2) is 12.7 Å². The van der Waals surface area contributed by atoms with Crippen molar-refractivity contribution in [2.45, 2.75) is 6.92 Å². The Labute approximate surface area is 116 Å². The number of hydrogen-bond acceptors (Lipinski definition) is 8. The zero-order valence-electron chi connectivity index (χ0n) is 11.7. The number of anilines is 2. The Morgan fingerprint density at radius 1 is 1.30 bits per heavy atom. The quantitative estimate of drug-likeness (QED) is 0.740. The molecule has 20 heavy (non-hydrogen) atoms. The van der Waals surface area contributed by atoms with Gasteiger partial charge in [0, 0.05) is 20.7 Å². The summed E-state index contributed by atoms with van der Waals surface area (Å²) in [5, 5.41) is 10.1. The monoisotopic (exact) mass is 278 g/mol. The number of ether oxygens (including phenoxy) is 1. The van der Waals surface area contributed by atoms with Crippen molar-refractivity contribution in [3.63, 3.8) is 0 Å². The maximum absolute atomic E-state index is 5.09. The van der Waals surface area contributed by atoms with E-state index in [2.05, 4.69) is 42.6 Å². The van der Waals surface area contributed by atoms with Gasteiger partial charge < -0.3 is 15.4 Å². The largest absolute Gasteiger partial charge is 0.384 e. The second-order valence-electron chi connectivity index (χ2n) is 4.31. The topological polar surface area (TPSA) is 103 Å². The molecule has 0 amide bonds. The summed E-state index contributed by atoms with van der Waals surface area (Å²) in [5.41, 5.74) is 0. The first-order valence-electron chi connectivity index (χ1n) is 6.24. The van der Waals surface area contributed by atoms with Crippen molar-refractivity contribution in [2.24, 2.45) is 5.92 Å². The maximum Gasteiger partial charge on any atom is 0.258 e. The van der Waals surface area contributed by atoms with E-state index in [4.69, 9.17) is 4.74 Å². The van der Waals surface area contributed by atoms with Gasteiger partial charge in [-0.05, 0) is 5.92 Å². The molecule has 0 radical (unpaired) electrons. The molecule has 0 aliphatic rings. The lowest BCUT2D eigenvalue weighted by Gasteiger charge is -2.12. The molecule has 0 aliphatic carbocycles. The lowest BCUT2D eigenvalue weighted by molar-refractivity contribution is 0.164. The van der Waals surface area contributed by atoms with Gasteiger partial charge in [0.25, 0.3) is 5.95 Å². The average molecular weight is 278 g/mol. The summed E-state index contributed by atoms with van der Waals surface area (Å²) in [6, 6.07) is 0. The van der Waals surface area contributed by atoms with Crippen molar-refractivity contribution in [1.82, 2.24) is 29.7 Å². The van der Waals surface area contributed by atoms with Crippen LogP contribution in [0.1, 0.15) is 6.92 Å². The van der Waals surface area contributed by atoms with Crippen molar-refractivity contribution in [1.29, 1.82) is 0 Å². The number of nitrogens with one attached hydrogen (secondary N) is 2. The molecule has 2 heterocycles. The van der Waals surface area contributed by atoms with Crippen molar-refractivity contribution in [3.8, 4) is 5.95 Å². The third kappa shape index (κ3) is 3.60. The van der Waals surface area contributed by atoms with Gasteiger partial charge in [0.2, 0.25) is 11.9 Å². The van der Waals surface area contributed by atoms with Crippen molar-refractivity contribution in [3.05, 3.63) is 12.7 Å². The summed E-state index contributed by atoms with van der Waals surface area (Å²) in [6.45, 7) is 3.46. The van der Waals surface area contributed by atoms with Gasteiger partial charge in [0.15, 0.2) is 0 Å². The van der Waals surface area contributed by atoms with E-state index in [1.165, 1.54) is 17.3 Å². The van der Waals surface area contributed by atoms with Crippen LogP contribution >= 0.6 is 0 Å². The van der Waals surface area contributed by atoms with Gasteiger partial charge in [0.1, 0.15) is 12.7 Å². The zero-order valence-corrected chi connectivity index (χ0v) is 11.7. The van der Waals surface area contributed by atoms with E-state index >= 15 is 0 Å². The lowest BCUT2D eigenvalue weighted by Crippen LogP contribution is -2.18. The molecule has 0 saturated carbocycles. The summed E-state index contributed by atoms with van der Waals surface area (Å²) in [6.07, 6.45) is 2.96. The molecule has 0 fully saturated rings. The second-order valence-corrected chi connectivity index (χ2v) is 4.31. The Morgan fingerprint density at radius 2 is 2.10 bits per heavy atom. The minimum Gasteiger partial charge on any atom is -0.384 e. The van der Waals surface area contributed by atoms with Crippen LogP contribution in [0.25, 0.3) is 5.95 Å². The fraction of sp³-hybridized carbons (Fsp3) is 0.545. The highest BCUT2D eigenvalue weighted by molar-refractivity contribution is 5.37. The Hall–Kier alpha value is -2.29. The molecule has 0 aliphatic heterocycles. The predicted molar refractivity (Wildman–Crippen MR) is 73.8 cm³/mol. The third-order valence-corrected chi connectivity index (χ3v) is 2.53. The molecule has 2 aromatic rings.